The van der Waals surface area contributed by atoms with Crippen molar-refractivity contribution in [3.63, 3.8) is 0 Å². The highest BCUT2D eigenvalue weighted by molar-refractivity contribution is 7.26. The van der Waals surface area contributed by atoms with E-state index in [-0.39, 0.29) is 0 Å². The molecule has 0 saturated carbocycles. The van der Waals surface area contributed by atoms with Gasteiger partial charge in [0.15, 0.2) is 17.3 Å². The van der Waals surface area contributed by atoms with Crippen LogP contribution in [0.15, 0.2) is 42.7 Å². The van der Waals surface area contributed by atoms with Crippen molar-refractivity contribution in [2.24, 2.45) is 0 Å². The highest BCUT2D eigenvalue weighted by atomic mass is 32.1. The first-order valence-electron chi connectivity index (χ1n) is 8.20. The number of hydrogen-bond donors (Lipinski definition) is 1. The van der Waals surface area contributed by atoms with Gasteiger partial charge in [-0.3, -0.25) is 0 Å². The first-order valence-corrected chi connectivity index (χ1v) is 9.01. The van der Waals surface area contributed by atoms with E-state index in [9.17, 15) is 0 Å². The van der Waals surface area contributed by atoms with Crippen LogP contribution in [-0.4, -0.2) is 30.3 Å². The van der Waals surface area contributed by atoms with Crippen molar-refractivity contribution in [2.45, 2.75) is 0 Å². The maximum Gasteiger partial charge on any atom is 0.163 e. The van der Waals surface area contributed by atoms with Crippen LogP contribution in [0.5, 0.6) is 17.2 Å². The van der Waals surface area contributed by atoms with Crippen LogP contribution in [-0.2, 0) is 0 Å². The number of rotatable bonds is 3. The smallest absolute Gasteiger partial charge is 0.163 e. The molecule has 6 nitrogen and oxygen atoms in total. The van der Waals surface area contributed by atoms with Crippen LogP contribution in [0.25, 0.3) is 20.3 Å². The Hall–Kier alpha value is -3.06. The number of ether oxygens (including phenoxy) is 3. The summed E-state index contributed by atoms with van der Waals surface area (Å²) in [6.45, 7) is 1.14. The van der Waals surface area contributed by atoms with Gasteiger partial charge in [-0.05, 0) is 30.3 Å². The van der Waals surface area contributed by atoms with E-state index in [2.05, 4.69) is 15.3 Å². The number of benzene rings is 2. The molecule has 26 heavy (non-hydrogen) atoms. The summed E-state index contributed by atoms with van der Waals surface area (Å²) >= 11 is 1.64. The SMILES string of the molecule is COc1ccc2c(c1)sc1c(Nc3ccc4c(c3)OCCO4)ncnc12. The zero-order valence-electron chi connectivity index (χ0n) is 14.0. The molecule has 0 atom stereocenters. The van der Waals surface area contributed by atoms with E-state index >= 15 is 0 Å². The highest BCUT2D eigenvalue weighted by Gasteiger charge is 2.15. The van der Waals surface area contributed by atoms with Gasteiger partial charge < -0.3 is 19.5 Å². The molecule has 0 bridgehead atoms. The summed E-state index contributed by atoms with van der Waals surface area (Å²) in [7, 11) is 1.67. The minimum Gasteiger partial charge on any atom is -0.497 e. The first kappa shape index (κ1) is 15.2. The van der Waals surface area contributed by atoms with E-state index in [0.29, 0.717) is 13.2 Å². The average molecular weight is 365 g/mol. The number of aromatic nitrogens is 2. The third-order valence-electron chi connectivity index (χ3n) is 4.26. The molecule has 2 aromatic heterocycles. The Morgan fingerprint density at radius 3 is 2.81 bits per heavy atom. The van der Waals surface area contributed by atoms with E-state index < -0.39 is 0 Å². The molecule has 0 spiro atoms. The van der Waals surface area contributed by atoms with E-state index in [1.165, 1.54) is 0 Å². The van der Waals surface area contributed by atoms with Gasteiger partial charge in [0.2, 0.25) is 0 Å². The van der Waals surface area contributed by atoms with Gasteiger partial charge in [0.25, 0.3) is 0 Å². The van der Waals surface area contributed by atoms with Crippen LogP contribution >= 0.6 is 11.3 Å². The van der Waals surface area contributed by atoms with E-state index in [1.54, 1.807) is 24.8 Å². The van der Waals surface area contributed by atoms with Crippen molar-refractivity contribution < 1.29 is 14.2 Å². The lowest BCUT2D eigenvalue weighted by Gasteiger charge is -2.19. The zero-order valence-corrected chi connectivity index (χ0v) is 14.8. The second kappa shape index (κ2) is 6.03. The van der Waals surface area contributed by atoms with Crippen molar-refractivity contribution in [2.75, 3.05) is 25.6 Å². The molecule has 1 aliphatic heterocycles. The summed E-state index contributed by atoms with van der Waals surface area (Å²) in [4.78, 5) is 8.91. The number of nitrogens with one attached hydrogen (secondary N) is 1. The van der Waals surface area contributed by atoms with E-state index in [1.807, 2.05) is 36.4 Å². The fourth-order valence-corrected chi connectivity index (χ4v) is 4.16. The van der Waals surface area contributed by atoms with Crippen molar-refractivity contribution in [3.8, 4) is 17.2 Å². The van der Waals surface area contributed by atoms with Gasteiger partial charge in [-0.1, -0.05) is 0 Å². The van der Waals surface area contributed by atoms with Crippen LogP contribution in [0.4, 0.5) is 11.5 Å². The second-order valence-corrected chi connectivity index (χ2v) is 6.90. The van der Waals surface area contributed by atoms with E-state index in [4.69, 9.17) is 14.2 Å². The normalized spacial score (nSPS) is 13.1. The van der Waals surface area contributed by atoms with Crippen LogP contribution in [0.1, 0.15) is 0 Å². The quantitative estimate of drug-likeness (QED) is 0.582. The van der Waals surface area contributed by atoms with Crippen molar-refractivity contribution in [3.05, 3.63) is 42.7 Å². The van der Waals surface area contributed by atoms with Gasteiger partial charge >= 0.3 is 0 Å². The Bertz CT molecular complexity index is 1130. The Morgan fingerprint density at radius 1 is 1.04 bits per heavy atom. The van der Waals surface area contributed by atoms with Crippen molar-refractivity contribution in [1.82, 2.24) is 9.97 Å². The molecular formula is C19H15N3O3S. The van der Waals surface area contributed by atoms with Gasteiger partial charge in [0.1, 0.15) is 25.3 Å². The molecule has 3 heterocycles. The molecule has 2 aromatic carbocycles. The topological polar surface area (TPSA) is 65.5 Å². The van der Waals surface area contributed by atoms with Crippen molar-refractivity contribution in [1.29, 1.82) is 0 Å². The fraction of sp³-hybridized carbons (Fsp3) is 0.158. The molecule has 0 amide bonds. The molecule has 130 valence electrons. The van der Waals surface area contributed by atoms with Crippen LogP contribution in [0.3, 0.4) is 0 Å². The Labute approximate surface area is 153 Å². The third-order valence-corrected chi connectivity index (χ3v) is 5.41. The molecule has 0 radical (unpaired) electrons. The van der Waals surface area contributed by atoms with Crippen LogP contribution in [0.2, 0.25) is 0 Å². The minimum atomic E-state index is 0.562. The summed E-state index contributed by atoms with van der Waals surface area (Å²) in [5, 5.41) is 4.47. The molecule has 7 heteroatoms. The second-order valence-electron chi connectivity index (χ2n) is 5.85. The van der Waals surface area contributed by atoms with Crippen LogP contribution in [0, 0.1) is 0 Å². The Kier molecular flexibility index (Phi) is 3.53. The number of anilines is 2. The van der Waals surface area contributed by atoms with Gasteiger partial charge in [0.05, 0.1) is 17.3 Å². The van der Waals surface area contributed by atoms with Gasteiger partial charge in [-0.25, -0.2) is 9.97 Å². The molecule has 4 aromatic rings. The Morgan fingerprint density at radius 2 is 1.92 bits per heavy atom. The molecule has 1 aliphatic rings. The summed E-state index contributed by atoms with van der Waals surface area (Å²) in [5.41, 5.74) is 1.83. The molecule has 1 N–H and O–H groups in total. The molecule has 0 saturated heterocycles. The largest absolute Gasteiger partial charge is 0.497 e. The number of hydrogen-bond acceptors (Lipinski definition) is 7. The lowest BCUT2D eigenvalue weighted by molar-refractivity contribution is 0.171. The predicted molar refractivity (Wildman–Crippen MR) is 102 cm³/mol. The molecule has 0 unspecified atom stereocenters. The maximum atomic E-state index is 5.65. The number of thiophene rings is 1. The summed E-state index contributed by atoms with van der Waals surface area (Å²) in [5.74, 6) is 3.11. The molecule has 0 aliphatic carbocycles. The molecule has 5 rings (SSSR count). The highest BCUT2D eigenvalue weighted by Crippen LogP contribution is 2.39. The lowest BCUT2D eigenvalue weighted by atomic mass is 10.2. The number of methoxy groups -OCH3 is 1. The molecule has 0 fully saturated rings. The monoisotopic (exact) mass is 365 g/mol. The summed E-state index contributed by atoms with van der Waals surface area (Å²) in [6, 6.07) is 11.8. The van der Waals surface area contributed by atoms with E-state index in [0.717, 1.165) is 49.1 Å². The molecular weight excluding hydrogens is 350 g/mol. The zero-order chi connectivity index (χ0) is 17.5. The third kappa shape index (κ3) is 2.48. The number of nitrogens with zero attached hydrogens (tertiary/aromatic N) is 2. The summed E-state index contributed by atoms with van der Waals surface area (Å²) < 4.78 is 18.7. The first-order chi connectivity index (χ1) is 12.8. The number of fused-ring (bicyclic) bond motifs is 4. The predicted octanol–water partition coefficient (Wildman–Crippen LogP) is 4.37. The minimum absolute atomic E-state index is 0.562. The summed E-state index contributed by atoms with van der Waals surface area (Å²) in [6.07, 6.45) is 1.58. The van der Waals surface area contributed by atoms with Gasteiger partial charge in [0, 0.05) is 21.8 Å². The van der Waals surface area contributed by atoms with Gasteiger partial charge in [-0.2, -0.15) is 0 Å². The Balaban J connectivity index is 1.58. The lowest BCUT2D eigenvalue weighted by Crippen LogP contribution is -2.15. The van der Waals surface area contributed by atoms with Crippen LogP contribution < -0.4 is 19.5 Å². The maximum absolute atomic E-state index is 5.65. The van der Waals surface area contributed by atoms with Crippen molar-refractivity contribution >= 4 is 43.1 Å². The average Bonchev–Trinajstić information content (AvgIpc) is 3.07. The fourth-order valence-electron chi connectivity index (χ4n) is 3.03. The standard InChI is InChI=1S/C19H15N3O3S/c1-23-12-3-4-13-16(9-12)26-18-17(13)20-10-21-19(18)22-11-2-5-14-15(8-11)25-7-6-24-14/h2-5,8-10H,6-7H2,1H3,(H,20,21,22). The van der Waals surface area contributed by atoms with Gasteiger partial charge in [-0.15, -0.1) is 11.3 Å².